The second kappa shape index (κ2) is 5.94. The van der Waals surface area contributed by atoms with E-state index in [9.17, 15) is 8.78 Å². The van der Waals surface area contributed by atoms with Gasteiger partial charge in [-0.1, -0.05) is 36.0 Å². The van der Waals surface area contributed by atoms with Crippen LogP contribution in [0.3, 0.4) is 0 Å². The summed E-state index contributed by atoms with van der Waals surface area (Å²) >= 11 is 1.15. The zero-order chi connectivity index (χ0) is 13.9. The normalized spacial score (nSPS) is 14.5. The van der Waals surface area contributed by atoms with Gasteiger partial charge in [-0.05, 0) is 36.6 Å². The van der Waals surface area contributed by atoms with Gasteiger partial charge in [0.2, 0.25) is 0 Å². The van der Waals surface area contributed by atoms with Gasteiger partial charge in [-0.15, -0.1) is 0 Å². The van der Waals surface area contributed by atoms with E-state index in [1.165, 1.54) is 25.0 Å². The van der Waals surface area contributed by atoms with Crippen LogP contribution in [-0.4, -0.2) is 6.04 Å². The molecule has 1 saturated carbocycles. The summed E-state index contributed by atoms with van der Waals surface area (Å²) in [5.74, 6) is -0.616. The average molecular weight is 291 g/mol. The standard InChI is InChI=1S/C16H15F2NS/c17-13-5-1-2-7-15(13)20-16-11(4-3-6-14(16)18)10-19-12-8-9-12/h1-7,12,19H,8-10H2. The Hall–Kier alpha value is -1.39. The first-order valence-corrected chi connectivity index (χ1v) is 7.49. The molecule has 20 heavy (non-hydrogen) atoms. The molecule has 0 bridgehead atoms. The maximum atomic E-state index is 14.0. The third-order valence-electron chi connectivity index (χ3n) is 3.26. The molecule has 1 nitrogen and oxygen atoms in total. The van der Waals surface area contributed by atoms with Crippen LogP contribution < -0.4 is 5.32 Å². The van der Waals surface area contributed by atoms with E-state index < -0.39 is 0 Å². The highest BCUT2D eigenvalue weighted by atomic mass is 32.2. The minimum atomic E-state index is -0.318. The fraction of sp³-hybridized carbons (Fsp3) is 0.250. The van der Waals surface area contributed by atoms with Crippen molar-refractivity contribution in [1.29, 1.82) is 0 Å². The van der Waals surface area contributed by atoms with Crippen molar-refractivity contribution in [2.45, 2.75) is 35.2 Å². The second-order valence-corrected chi connectivity index (χ2v) is 5.97. The molecule has 0 radical (unpaired) electrons. The van der Waals surface area contributed by atoms with E-state index in [0.717, 1.165) is 17.3 Å². The van der Waals surface area contributed by atoms with Crippen LogP contribution >= 0.6 is 11.8 Å². The van der Waals surface area contributed by atoms with Gasteiger partial charge >= 0.3 is 0 Å². The van der Waals surface area contributed by atoms with Gasteiger partial charge in [-0.25, -0.2) is 8.78 Å². The number of halogens is 2. The molecule has 0 atom stereocenters. The molecule has 3 rings (SSSR count). The number of nitrogens with one attached hydrogen (secondary N) is 1. The minimum absolute atomic E-state index is 0.298. The van der Waals surface area contributed by atoms with E-state index in [0.29, 0.717) is 22.4 Å². The SMILES string of the molecule is Fc1ccccc1Sc1c(F)cccc1CNC1CC1. The highest BCUT2D eigenvalue weighted by Gasteiger charge is 2.21. The fourth-order valence-electron chi connectivity index (χ4n) is 1.99. The van der Waals surface area contributed by atoms with Gasteiger partial charge in [0.15, 0.2) is 0 Å². The van der Waals surface area contributed by atoms with E-state index in [-0.39, 0.29) is 11.6 Å². The average Bonchev–Trinajstić information content (AvgIpc) is 3.26. The van der Waals surface area contributed by atoms with Crippen LogP contribution in [0.1, 0.15) is 18.4 Å². The Morgan fingerprint density at radius 2 is 1.75 bits per heavy atom. The summed E-state index contributed by atoms with van der Waals surface area (Å²) < 4.78 is 27.7. The lowest BCUT2D eigenvalue weighted by Crippen LogP contribution is -2.16. The van der Waals surface area contributed by atoms with Gasteiger partial charge < -0.3 is 5.32 Å². The van der Waals surface area contributed by atoms with Crippen LogP contribution in [0.25, 0.3) is 0 Å². The molecule has 0 amide bonds. The Morgan fingerprint density at radius 1 is 1.00 bits per heavy atom. The summed E-state index contributed by atoms with van der Waals surface area (Å²) in [5.41, 5.74) is 0.880. The topological polar surface area (TPSA) is 12.0 Å². The van der Waals surface area contributed by atoms with E-state index in [4.69, 9.17) is 0 Å². The Labute approximate surface area is 121 Å². The van der Waals surface area contributed by atoms with Crippen LogP contribution in [0.4, 0.5) is 8.78 Å². The zero-order valence-corrected chi connectivity index (χ0v) is 11.7. The Kier molecular flexibility index (Phi) is 4.03. The van der Waals surface area contributed by atoms with Gasteiger partial charge in [-0.2, -0.15) is 0 Å². The lowest BCUT2D eigenvalue weighted by molar-refractivity contribution is 0.586. The van der Waals surface area contributed by atoms with Crippen molar-refractivity contribution in [3.63, 3.8) is 0 Å². The number of benzene rings is 2. The van der Waals surface area contributed by atoms with Crippen LogP contribution in [0, 0.1) is 11.6 Å². The lowest BCUT2D eigenvalue weighted by atomic mass is 10.2. The summed E-state index contributed by atoms with van der Waals surface area (Å²) in [7, 11) is 0. The van der Waals surface area contributed by atoms with Crippen molar-refractivity contribution in [2.75, 3.05) is 0 Å². The largest absolute Gasteiger partial charge is 0.310 e. The molecule has 1 N–H and O–H groups in total. The van der Waals surface area contributed by atoms with Gasteiger partial charge in [0.25, 0.3) is 0 Å². The molecule has 4 heteroatoms. The first-order valence-electron chi connectivity index (χ1n) is 6.67. The number of hydrogen-bond donors (Lipinski definition) is 1. The smallest absolute Gasteiger partial charge is 0.137 e. The molecule has 1 aliphatic carbocycles. The molecule has 2 aromatic rings. The summed E-state index contributed by atoms with van der Waals surface area (Å²) in [4.78, 5) is 0.955. The predicted octanol–water partition coefficient (Wildman–Crippen LogP) is 4.37. The Morgan fingerprint density at radius 3 is 2.50 bits per heavy atom. The van der Waals surface area contributed by atoms with Gasteiger partial charge in [-0.3, -0.25) is 0 Å². The molecule has 0 aromatic heterocycles. The van der Waals surface area contributed by atoms with Crippen LogP contribution in [-0.2, 0) is 6.54 Å². The fourth-order valence-corrected chi connectivity index (χ4v) is 2.96. The minimum Gasteiger partial charge on any atom is -0.310 e. The quantitative estimate of drug-likeness (QED) is 0.878. The zero-order valence-electron chi connectivity index (χ0n) is 10.9. The summed E-state index contributed by atoms with van der Waals surface area (Å²) in [6, 6.07) is 12.0. The third-order valence-corrected chi connectivity index (χ3v) is 4.47. The van der Waals surface area contributed by atoms with E-state index >= 15 is 0 Å². The van der Waals surface area contributed by atoms with Crippen LogP contribution in [0.2, 0.25) is 0 Å². The van der Waals surface area contributed by atoms with Gasteiger partial charge in [0.1, 0.15) is 11.6 Å². The van der Waals surface area contributed by atoms with Gasteiger partial charge in [0.05, 0.1) is 4.90 Å². The molecule has 104 valence electrons. The molecule has 0 saturated heterocycles. The number of rotatable bonds is 5. The molecular formula is C16H15F2NS. The van der Waals surface area contributed by atoms with Gasteiger partial charge in [0, 0.05) is 17.5 Å². The molecule has 1 fully saturated rings. The summed E-state index contributed by atoms with van der Waals surface area (Å²) in [6.07, 6.45) is 2.37. The molecule has 2 aromatic carbocycles. The van der Waals surface area contributed by atoms with Crippen molar-refractivity contribution >= 4 is 11.8 Å². The van der Waals surface area contributed by atoms with Crippen molar-refractivity contribution in [3.8, 4) is 0 Å². The third kappa shape index (κ3) is 3.19. The Bertz CT molecular complexity index is 611. The molecular weight excluding hydrogens is 276 g/mol. The van der Waals surface area contributed by atoms with E-state index in [1.54, 1.807) is 24.3 Å². The molecule has 1 aliphatic rings. The Balaban J connectivity index is 1.85. The van der Waals surface area contributed by atoms with Crippen LogP contribution in [0.5, 0.6) is 0 Å². The first kappa shape index (κ1) is 13.6. The first-order chi connectivity index (χ1) is 9.74. The number of hydrogen-bond acceptors (Lipinski definition) is 2. The monoisotopic (exact) mass is 291 g/mol. The van der Waals surface area contributed by atoms with Crippen molar-refractivity contribution in [2.24, 2.45) is 0 Å². The summed E-state index contributed by atoms with van der Waals surface area (Å²) in [5, 5.41) is 3.37. The van der Waals surface area contributed by atoms with Crippen molar-refractivity contribution in [1.82, 2.24) is 5.32 Å². The summed E-state index contributed by atoms with van der Waals surface area (Å²) in [6.45, 7) is 0.624. The maximum absolute atomic E-state index is 14.0. The lowest BCUT2D eigenvalue weighted by Gasteiger charge is -2.11. The maximum Gasteiger partial charge on any atom is 0.137 e. The van der Waals surface area contributed by atoms with E-state index in [2.05, 4.69) is 5.32 Å². The van der Waals surface area contributed by atoms with Crippen LogP contribution in [0.15, 0.2) is 52.3 Å². The highest BCUT2D eigenvalue weighted by Crippen LogP contribution is 2.34. The molecule has 0 aliphatic heterocycles. The second-order valence-electron chi connectivity index (χ2n) is 4.92. The highest BCUT2D eigenvalue weighted by molar-refractivity contribution is 7.99. The molecule has 0 heterocycles. The predicted molar refractivity (Wildman–Crippen MR) is 76.8 cm³/mol. The van der Waals surface area contributed by atoms with Crippen molar-refractivity contribution < 1.29 is 8.78 Å². The van der Waals surface area contributed by atoms with Crippen molar-refractivity contribution in [3.05, 3.63) is 59.7 Å². The molecule has 0 unspecified atom stereocenters. The van der Waals surface area contributed by atoms with E-state index in [1.807, 2.05) is 6.07 Å². The molecule has 0 spiro atoms.